The number of hydrazine groups is 1. The van der Waals surface area contributed by atoms with Crippen molar-refractivity contribution in [3.05, 3.63) is 36.9 Å². The van der Waals surface area contributed by atoms with E-state index < -0.39 is 0 Å². The van der Waals surface area contributed by atoms with Crippen molar-refractivity contribution in [2.75, 3.05) is 0 Å². The predicted molar refractivity (Wildman–Crippen MR) is 70.1 cm³/mol. The maximum atomic E-state index is 5.93. The average Bonchev–Trinajstić information content (AvgIpc) is 2.76. The van der Waals surface area contributed by atoms with Gasteiger partial charge in [-0.1, -0.05) is 11.6 Å². The van der Waals surface area contributed by atoms with Gasteiger partial charge in [-0.05, 0) is 26.0 Å². The number of aryl methyl sites for hydroxylation is 2. The van der Waals surface area contributed by atoms with E-state index in [0.29, 0.717) is 0 Å². The molecule has 2 heterocycles. The van der Waals surface area contributed by atoms with E-state index in [2.05, 4.69) is 10.4 Å². The number of thiophene rings is 1. The third-order valence-corrected chi connectivity index (χ3v) is 4.68. The molecule has 3 N–H and O–H groups in total. The Morgan fingerprint density at radius 2 is 2.12 bits per heavy atom. The summed E-state index contributed by atoms with van der Waals surface area (Å²) in [6.07, 6.45) is 0. The molecule has 0 saturated heterocycles. The van der Waals surface area contributed by atoms with Crippen LogP contribution in [0.2, 0.25) is 4.34 Å². The zero-order chi connectivity index (χ0) is 11.7. The van der Waals surface area contributed by atoms with E-state index >= 15 is 0 Å². The van der Waals surface area contributed by atoms with Gasteiger partial charge in [0.1, 0.15) is 0 Å². The molecule has 0 fully saturated rings. The fourth-order valence-electron chi connectivity index (χ4n) is 1.59. The molecule has 0 aliphatic carbocycles. The van der Waals surface area contributed by atoms with Crippen molar-refractivity contribution in [2.24, 2.45) is 5.84 Å². The van der Waals surface area contributed by atoms with Crippen LogP contribution in [-0.2, 0) is 0 Å². The van der Waals surface area contributed by atoms with Crippen molar-refractivity contribution in [1.29, 1.82) is 0 Å². The van der Waals surface area contributed by atoms with Crippen LogP contribution in [0.3, 0.4) is 0 Å². The monoisotopic (exact) mass is 273 g/mol. The summed E-state index contributed by atoms with van der Waals surface area (Å²) < 4.78 is 0.772. The Bertz CT molecular complexity index is 492. The maximum Gasteiger partial charge on any atom is 0.0931 e. The fraction of sp³-hybridized carbons (Fsp3) is 0.300. The van der Waals surface area contributed by atoms with E-state index in [1.54, 1.807) is 11.3 Å². The van der Waals surface area contributed by atoms with Crippen molar-refractivity contribution in [1.82, 2.24) is 10.4 Å². The first-order valence-electron chi connectivity index (χ1n) is 4.77. The van der Waals surface area contributed by atoms with Crippen LogP contribution >= 0.6 is 34.3 Å². The lowest BCUT2D eigenvalue weighted by Gasteiger charge is -2.12. The van der Waals surface area contributed by atoms with Gasteiger partial charge >= 0.3 is 0 Å². The summed E-state index contributed by atoms with van der Waals surface area (Å²) in [6.45, 7) is 3.99. The van der Waals surface area contributed by atoms with Gasteiger partial charge in [0.05, 0.1) is 26.0 Å². The van der Waals surface area contributed by atoms with Crippen LogP contribution in [0.5, 0.6) is 0 Å². The lowest BCUT2D eigenvalue weighted by molar-refractivity contribution is 0.652. The van der Waals surface area contributed by atoms with Crippen LogP contribution in [0.4, 0.5) is 0 Å². The Labute approximate surface area is 107 Å². The van der Waals surface area contributed by atoms with Gasteiger partial charge in [-0.15, -0.1) is 22.7 Å². The summed E-state index contributed by atoms with van der Waals surface area (Å²) in [5, 5.41) is 1.05. The minimum atomic E-state index is -0.0105. The Morgan fingerprint density at radius 1 is 1.38 bits per heavy atom. The van der Waals surface area contributed by atoms with E-state index in [4.69, 9.17) is 17.4 Å². The average molecular weight is 274 g/mol. The summed E-state index contributed by atoms with van der Waals surface area (Å²) in [7, 11) is 0. The van der Waals surface area contributed by atoms with Crippen LogP contribution in [0.25, 0.3) is 0 Å². The topological polar surface area (TPSA) is 50.9 Å². The molecule has 0 amide bonds. The number of nitrogens with one attached hydrogen (secondary N) is 1. The second-order valence-electron chi connectivity index (χ2n) is 3.42. The minimum Gasteiger partial charge on any atom is -0.271 e. The second-order valence-corrected chi connectivity index (χ2v) is 6.41. The van der Waals surface area contributed by atoms with Crippen molar-refractivity contribution >= 4 is 34.3 Å². The van der Waals surface area contributed by atoms with E-state index in [-0.39, 0.29) is 6.04 Å². The van der Waals surface area contributed by atoms with Crippen molar-refractivity contribution < 1.29 is 0 Å². The second kappa shape index (κ2) is 4.81. The molecule has 2 rings (SSSR count). The molecule has 0 spiro atoms. The number of hydrogen-bond donors (Lipinski definition) is 2. The normalized spacial score (nSPS) is 13.0. The number of hydrogen-bond acceptors (Lipinski definition) is 5. The van der Waals surface area contributed by atoms with Gasteiger partial charge in [0.2, 0.25) is 0 Å². The first-order valence-corrected chi connectivity index (χ1v) is 6.78. The predicted octanol–water partition coefficient (Wildman–Crippen LogP) is 3.03. The molecule has 0 bridgehead atoms. The Balaban J connectivity index is 2.40. The fourth-order valence-corrected chi connectivity index (χ4v) is 3.80. The summed E-state index contributed by atoms with van der Waals surface area (Å²) in [4.78, 5) is 6.67. The van der Waals surface area contributed by atoms with Gasteiger partial charge in [-0.2, -0.15) is 0 Å². The smallest absolute Gasteiger partial charge is 0.0931 e. The van der Waals surface area contributed by atoms with E-state index in [1.807, 2.05) is 26.0 Å². The largest absolute Gasteiger partial charge is 0.271 e. The van der Waals surface area contributed by atoms with Crippen molar-refractivity contribution in [2.45, 2.75) is 19.9 Å². The first-order chi connectivity index (χ1) is 7.61. The highest BCUT2D eigenvalue weighted by Crippen LogP contribution is 2.34. The molecule has 6 heteroatoms. The molecule has 2 aromatic rings. The molecule has 0 radical (unpaired) electrons. The number of aromatic nitrogens is 1. The molecule has 0 aliphatic heterocycles. The molecule has 16 heavy (non-hydrogen) atoms. The number of nitrogens with zero attached hydrogens (tertiary/aromatic N) is 1. The molecule has 1 atom stereocenters. The zero-order valence-electron chi connectivity index (χ0n) is 8.95. The molecule has 2 aromatic heterocycles. The van der Waals surface area contributed by atoms with Crippen LogP contribution in [0.1, 0.15) is 26.5 Å². The SMILES string of the molecule is Cc1nc(C)c(C(NN)c2ccc(Cl)s2)s1. The lowest BCUT2D eigenvalue weighted by atomic mass is 10.2. The Kier molecular flexibility index (Phi) is 3.61. The van der Waals surface area contributed by atoms with E-state index in [1.165, 1.54) is 11.3 Å². The van der Waals surface area contributed by atoms with Crippen LogP contribution in [-0.4, -0.2) is 4.98 Å². The molecular weight excluding hydrogens is 262 g/mol. The highest BCUT2D eigenvalue weighted by molar-refractivity contribution is 7.16. The molecule has 0 aromatic carbocycles. The number of rotatable bonds is 3. The molecule has 1 unspecified atom stereocenters. The van der Waals surface area contributed by atoms with Crippen LogP contribution < -0.4 is 11.3 Å². The molecule has 0 saturated carbocycles. The third kappa shape index (κ3) is 2.28. The molecule has 0 aliphatic rings. The van der Waals surface area contributed by atoms with Gasteiger partial charge in [-0.3, -0.25) is 5.84 Å². The Morgan fingerprint density at radius 3 is 2.56 bits per heavy atom. The molecular formula is C10H12ClN3S2. The minimum absolute atomic E-state index is 0.0105. The molecule has 3 nitrogen and oxygen atoms in total. The zero-order valence-corrected chi connectivity index (χ0v) is 11.3. The van der Waals surface area contributed by atoms with Crippen molar-refractivity contribution in [3.8, 4) is 0 Å². The summed E-state index contributed by atoms with van der Waals surface area (Å²) in [5.74, 6) is 5.62. The summed E-state index contributed by atoms with van der Waals surface area (Å²) >= 11 is 9.13. The number of halogens is 1. The third-order valence-electron chi connectivity index (χ3n) is 2.25. The number of nitrogens with two attached hydrogens (primary N) is 1. The van der Waals surface area contributed by atoms with Gasteiger partial charge in [0, 0.05) is 4.88 Å². The maximum absolute atomic E-state index is 5.93. The van der Waals surface area contributed by atoms with Crippen molar-refractivity contribution in [3.63, 3.8) is 0 Å². The van der Waals surface area contributed by atoms with E-state index in [9.17, 15) is 0 Å². The van der Waals surface area contributed by atoms with Gasteiger partial charge in [0.15, 0.2) is 0 Å². The highest BCUT2D eigenvalue weighted by Gasteiger charge is 2.19. The summed E-state index contributed by atoms with van der Waals surface area (Å²) in [6, 6.07) is 3.87. The lowest BCUT2D eigenvalue weighted by Crippen LogP contribution is -2.28. The number of thiazole rings is 1. The van der Waals surface area contributed by atoms with Crippen LogP contribution in [0.15, 0.2) is 12.1 Å². The quantitative estimate of drug-likeness (QED) is 0.668. The Hall–Kier alpha value is -0.460. The molecule has 86 valence electrons. The summed E-state index contributed by atoms with van der Waals surface area (Å²) in [5.41, 5.74) is 3.85. The van der Waals surface area contributed by atoms with Crippen LogP contribution in [0, 0.1) is 13.8 Å². The van der Waals surface area contributed by atoms with Gasteiger partial charge < -0.3 is 0 Å². The standard InChI is InChI=1S/C10H12ClN3S2/c1-5-10(15-6(2)13-5)9(14-12)7-3-4-8(11)16-7/h3-4,9,14H,12H2,1-2H3. The van der Waals surface area contributed by atoms with Gasteiger partial charge in [-0.25, -0.2) is 10.4 Å². The first kappa shape index (κ1) is 12.0. The van der Waals surface area contributed by atoms with E-state index in [0.717, 1.165) is 24.8 Å². The highest BCUT2D eigenvalue weighted by atomic mass is 35.5. The van der Waals surface area contributed by atoms with Gasteiger partial charge in [0.25, 0.3) is 0 Å².